The summed E-state index contributed by atoms with van der Waals surface area (Å²) in [6, 6.07) is 1.91. The fourth-order valence-electron chi connectivity index (χ4n) is 4.04. The maximum atomic E-state index is 13.4. The third kappa shape index (κ3) is 3.32. The molecule has 0 amide bonds. The van der Waals surface area contributed by atoms with Gasteiger partial charge in [-0.3, -0.25) is 4.79 Å². The molecule has 0 radical (unpaired) electrons. The van der Waals surface area contributed by atoms with Gasteiger partial charge in [0.2, 0.25) is 5.78 Å². The number of hydrogen-bond acceptors (Lipinski definition) is 8. The Hall–Kier alpha value is -3.27. The zero-order chi connectivity index (χ0) is 20.5. The van der Waals surface area contributed by atoms with Crippen LogP contribution in [0.3, 0.4) is 0 Å². The number of piperazine rings is 1. The number of ether oxygens (including phenoxy) is 1. The Bertz CT molecular complexity index is 1130. The van der Waals surface area contributed by atoms with E-state index < -0.39 is 0 Å². The Labute approximate surface area is 173 Å². The number of aromatic amines is 1. The minimum atomic E-state index is -0.123. The van der Waals surface area contributed by atoms with E-state index in [-0.39, 0.29) is 5.56 Å². The minimum Gasteiger partial charge on any atom is -0.377 e. The lowest BCUT2D eigenvalue weighted by molar-refractivity contribution is 0.161. The molecule has 1 fully saturated rings. The third-order valence-electron chi connectivity index (χ3n) is 5.64. The first kappa shape index (κ1) is 18.7. The van der Waals surface area contributed by atoms with Crippen molar-refractivity contribution in [2.24, 2.45) is 0 Å². The van der Waals surface area contributed by atoms with E-state index in [0.717, 1.165) is 49.7 Å². The molecule has 0 spiro atoms. The van der Waals surface area contributed by atoms with Gasteiger partial charge in [0.15, 0.2) is 5.82 Å². The van der Waals surface area contributed by atoms with Gasteiger partial charge in [-0.15, -0.1) is 5.10 Å². The lowest BCUT2D eigenvalue weighted by Gasteiger charge is -2.36. The smallest absolute Gasteiger partial charge is 0.299 e. The second-order valence-corrected chi connectivity index (χ2v) is 7.38. The average molecular weight is 408 g/mol. The van der Waals surface area contributed by atoms with Crippen molar-refractivity contribution in [3.63, 3.8) is 0 Å². The number of hydrogen-bond donors (Lipinski definition) is 1. The monoisotopic (exact) mass is 408 g/mol. The van der Waals surface area contributed by atoms with Gasteiger partial charge in [0.25, 0.3) is 5.56 Å². The SMILES string of the molecule is CCc1[nH]c2nc(C3=CCOCC3)nn2c(=O)c1N1CCN(c2ccncn2)CC1. The van der Waals surface area contributed by atoms with Crippen molar-refractivity contribution < 1.29 is 4.74 Å². The highest BCUT2D eigenvalue weighted by molar-refractivity contribution is 5.62. The topological polar surface area (TPSA) is 105 Å². The molecule has 30 heavy (non-hydrogen) atoms. The predicted molar refractivity (Wildman–Crippen MR) is 113 cm³/mol. The lowest BCUT2D eigenvalue weighted by Crippen LogP contribution is -2.49. The van der Waals surface area contributed by atoms with E-state index in [2.05, 4.69) is 34.8 Å². The van der Waals surface area contributed by atoms with Crippen LogP contribution in [0, 0.1) is 0 Å². The number of aromatic nitrogens is 6. The van der Waals surface area contributed by atoms with Gasteiger partial charge in [-0.25, -0.2) is 9.97 Å². The van der Waals surface area contributed by atoms with E-state index in [9.17, 15) is 4.79 Å². The van der Waals surface area contributed by atoms with Crippen molar-refractivity contribution in [2.75, 3.05) is 49.2 Å². The summed E-state index contributed by atoms with van der Waals surface area (Å²) in [4.78, 5) is 34.0. The first-order valence-corrected chi connectivity index (χ1v) is 10.3. The number of rotatable bonds is 4. The Morgan fingerprint density at radius 2 is 2.03 bits per heavy atom. The van der Waals surface area contributed by atoms with E-state index in [4.69, 9.17) is 4.74 Å². The lowest BCUT2D eigenvalue weighted by atomic mass is 10.1. The minimum absolute atomic E-state index is 0.123. The summed E-state index contributed by atoms with van der Waals surface area (Å²) in [7, 11) is 0. The van der Waals surface area contributed by atoms with Gasteiger partial charge in [0, 0.05) is 38.1 Å². The number of nitrogens with zero attached hydrogens (tertiary/aromatic N) is 7. The van der Waals surface area contributed by atoms with Gasteiger partial charge >= 0.3 is 0 Å². The quantitative estimate of drug-likeness (QED) is 0.679. The average Bonchev–Trinajstić information content (AvgIpc) is 3.25. The van der Waals surface area contributed by atoms with E-state index in [1.54, 1.807) is 12.5 Å². The highest BCUT2D eigenvalue weighted by Gasteiger charge is 2.25. The highest BCUT2D eigenvalue weighted by atomic mass is 16.5. The Kier molecular flexibility index (Phi) is 4.91. The second-order valence-electron chi connectivity index (χ2n) is 7.38. The molecule has 10 heteroatoms. The molecule has 0 saturated carbocycles. The summed E-state index contributed by atoms with van der Waals surface area (Å²) < 4.78 is 6.77. The fraction of sp³-hybridized carbons (Fsp3) is 0.450. The van der Waals surface area contributed by atoms with Crippen molar-refractivity contribution in [3.8, 4) is 0 Å². The van der Waals surface area contributed by atoms with Gasteiger partial charge in [0.05, 0.1) is 13.2 Å². The van der Waals surface area contributed by atoms with Gasteiger partial charge in [0.1, 0.15) is 17.8 Å². The molecule has 2 aliphatic heterocycles. The number of H-pyrrole nitrogens is 1. The van der Waals surface area contributed by atoms with E-state index >= 15 is 0 Å². The van der Waals surface area contributed by atoms with E-state index in [0.29, 0.717) is 36.9 Å². The summed E-state index contributed by atoms with van der Waals surface area (Å²) >= 11 is 0. The highest BCUT2D eigenvalue weighted by Crippen LogP contribution is 2.22. The molecule has 3 aromatic rings. The van der Waals surface area contributed by atoms with Crippen LogP contribution in [0.4, 0.5) is 11.5 Å². The van der Waals surface area contributed by atoms with Crippen molar-refractivity contribution in [2.45, 2.75) is 19.8 Å². The summed E-state index contributed by atoms with van der Waals surface area (Å²) in [5.41, 5.74) is 2.48. The normalized spacial score (nSPS) is 17.4. The van der Waals surface area contributed by atoms with Gasteiger partial charge < -0.3 is 19.5 Å². The Balaban J connectivity index is 1.46. The van der Waals surface area contributed by atoms with Gasteiger partial charge in [-0.05, 0) is 24.5 Å². The van der Waals surface area contributed by atoms with Crippen molar-refractivity contribution in [3.05, 3.63) is 46.5 Å². The molecule has 0 bridgehead atoms. The molecular formula is C20H24N8O2. The van der Waals surface area contributed by atoms with Crippen LogP contribution in [-0.2, 0) is 11.2 Å². The second kappa shape index (κ2) is 7.86. The number of anilines is 2. The molecule has 0 aromatic carbocycles. The van der Waals surface area contributed by atoms with Crippen LogP contribution in [0.15, 0.2) is 29.5 Å². The third-order valence-corrected chi connectivity index (χ3v) is 5.64. The van der Waals surface area contributed by atoms with Crippen LogP contribution >= 0.6 is 0 Å². The fourth-order valence-corrected chi connectivity index (χ4v) is 4.04. The molecule has 0 atom stereocenters. The summed E-state index contributed by atoms with van der Waals surface area (Å²) in [6.07, 6.45) is 6.76. The Morgan fingerprint density at radius 3 is 2.73 bits per heavy atom. The van der Waals surface area contributed by atoms with Gasteiger partial charge in [-0.2, -0.15) is 9.50 Å². The number of fused-ring (bicyclic) bond motifs is 1. The molecule has 3 aromatic heterocycles. The van der Waals surface area contributed by atoms with Gasteiger partial charge in [-0.1, -0.05) is 13.0 Å². The summed E-state index contributed by atoms with van der Waals surface area (Å²) in [5.74, 6) is 2.00. The van der Waals surface area contributed by atoms with Crippen molar-refractivity contribution >= 4 is 22.9 Å². The Morgan fingerprint density at radius 1 is 1.20 bits per heavy atom. The molecule has 10 nitrogen and oxygen atoms in total. The first-order chi connectivity index (χ1) is 14.7. The molecule has 0 aliphatic carbocycles. The van der Waals surface area contributed by atoms with Crippen LogP contribution in [-0.4, -0.2) is 68.9 Å². The van der Waals surface area contributed by atoms with Crippen LogP contribution < -0.4 is 15.4 Å². The summed E-state index contributed by atoms with van der Waals surface area (Å²) in [5, 5.41) is 4.51. The molecule has 0 unspecified atom stereocenters. The molecule has 5 rings (SSSR count). The molecule has 156 valence electrons. The first-order valence-electron chi connectivity index (χ1n) is 10.3. The van der Waals surface area contributed by atoms with Crippen LogP contribution in [0.25, 0.3) is 11.4 Å². The van der Waals surface area contributed by atoms with Crippen molar-refractivity contribution in [1.82, 2.24) is 29.5 Å². The van der Waals surface area contributed by atoms with E-state index in [1.165, 1.54) is 4.52 Å². The number of aryl methyl sites for hydroxylation is 1. The molecule has 5 heterocycles. The zero-order valence-electron chi connectivity index (χ0n) is 16.9. The molecule has 1 N–H and O–H groups in total. The molecular weight excluding hydrogens is 384 g/mol. The number of nitrogens with one attached hydrogen (secondary N) is 1. The van der Waals surface area contributed by atoms with Crippen LogP contribution in [0.2, 0.25) is 0 Å². The van der Waals surface area contributed by atoms with Crippen LogP contribution in [0.1, 0.15) is 24.9 Å². The van der Waals surface area contributed by atoms with Crippen molar-refractivity contribution in [1.29, 1.82) is 0 Å². The van der Waals surface area contributed by atoms with Crippen LogP contribution in [0.5, 0.6) is 0 Å². The zero-order valence-corrected chi connectivity index (χ0v) is 16.9. The predicted octanol–water partition coefficient (Wildman–Crippen LogP) is 0.900. The van der Waals surface area contributed by atoms with E-state index in [1.807, 2.05) is 19.1 Å². The maximum Gasteiger partial charge on any atom is 0.299 e. The maximum absolute atomic E-state index is 13.4. The standard InChI is InChI=1S/C20H24N8O2/c1-2-15-17(27-9-7-26(8-10-27)16-3-6-21-13-22-16)19(29)28-20(23-15)24-18(25-28)14-4-11-30-12-5-14/h3-4,6,13H,2,5,7-12H2,1H3,(H,23,24,25). The largest absolute Gasteiger partial charge is 0.377 e. The molecule has 2 aliphatic rings. The molecule has 1 saturated heterocycles. The summed E-state index contributed by atoms with van der Waals surface area (Å²) in [6.45, 7) is 6.28.